The average molecular weight is 160 g/mol. The molecule has 0 heterocycles. The Morgan fingerprint density at radius 1 is 1.27 bits per heavy atom. The van der Waals surface area contributed by atoms with Crippen molar-refractivity contribution >= 4 is 0 Å². The van der Waals surface area contributed by atoms with Gasteiger partial charge < -0.3 is 0 Å². The highest BCUT2D eigenvalue weighted by atomic mass is 19.1. The molecule has 0 saturated heterocycles. The summed E-state index contributed by atoms with van der Waals surface area (Å²) < 4.78 is 13.4. The molecule has 0 aromatic rings. The highest BCUT2D eigenvalue weighted by molar-refractivity contribution is 4.75. The third kappa shape index (κ3) is 4.39. The van der Waals surface area contributed by atoms with E-state index in [-0.39, 0.29) is 0 Å². The molecule has 2 unspecified atom stereocenters. The van der Waals surface area contributed by atoms with Crippen LogP contribution in [0.5, 0.6) is 0 Å². The molecule has 11 heavy (non-hydrogen) atoms. The Labute approximate surface area is 70.2 Å². The molecule has 0 aliphatic rings. The van der Waals surface area contributed by atoms with E-state index in [0.29, 0.717) is 24.7 Å². The summed E-state index contributed by atoms with van der Waals surface area (Å²) in [6, 6.07) is 0. The first-order valence-corrected chi connectivity index (χ1v) is 4.58. The minimum absolute atomic E-state index is 0.491. The van der Waals surface area contributed by atoms with Crippen molar-refractivity contribution in [3.63, 3.8) is 0 Å². The van der Waals surface area contributed by atoms with Crippen molar-refractivity contribution in [1.29, 1.82) is 0 Å². The molecule has 0 N–H and O–H groups in total. The molecule has 0 radical (unpaired) electrons. The van der Waals surface area contributed by atoms with Gasteiger partial charge in [0.15, 0.2) is 0 Å². The predicted octanol–water partition coefficient (Wildman–Crippen LogP) is 3.81. The van der Waals surface area contributed by atoms with Crippen LogP contribution in [0, 0.1) is 11.8 Å². The Bertz CT molecular complexity index is 105. The molecule has 0 aliphatic heterocycles. The molecule has 0 bridgehead atoms. The first-order chi connectivity index (χ1) is 4.89. The van der Waals surface area contributed by atoms with Crippen LogP contribution in [0.15, 0.2) is 0 Å². The molecule has 0 rings (SSSR count). The van der Waals surface area contributed by atoms with Gasteiger partial charge in [-0.1, -0.05) is 27.7 Å². The van der Waals surface area contributed by atoms with Crippen LogP contribution in [-0.4, -0.2) is 5.67 Å². The van der Waals surface area contributed by atoms with Gasteiger partial charge in [0.25, 0.3) is 0 Å². The number of hydrogen-bond acceptors (Lipinski definition) is 0. The van der Waals surface area contributed by atoms with Crippen LogP contribution in [0.2, 0.25) is 0 Å². The number of halogens is 1. The maximum absolute atomic E-state index is 13.4. The van der Waals surface area contributed by atoms with Gasteiger partial charge in [-0.25, -0.2) is 4.39 Å². The third-order valence-electron chi connectivity index (χ3n) is 2.62. The van der Waals surface area contributed by atoms with Crippen LogP contribution in [0.4, 0.5) is 4.39 Å². The minimum atomic E-state index is -0.955. The van der Waals surface area contributed by atoms with Crippen molar-refractivity contribution in [2.24, 2.45) is 11.8 Å². The lowest BCUT2D eigenvalue weighted by atomic mass is 9.86. The SMILES string of the molecule is CCC(C)(F)CC(C)C(C)C. The number of hydrogen-bond donors (Lipinski definition) is 0. The van der Waals surface area contributed by atoms with E-state index in [1.807, 2.05) is 6.92 Å². The van der Waals surface area contributed by atoms with E-state index in [0.717, 1.165) is 0 Å². The van der Waals surface area contributed by atoms with Crippen molar-refractivity contribution in [3.05, 3.63) is 0 Å². The van der Waals surface area contributed by atoms with E-state index in [2.05, 4.69) is 20.8 Å². The van der Waals surface area contributed by atoms with Gasteiger partial charge in [0.05, 0.1) is 0 Å². The Morgan fingerprint density at radius 3 is 2.00 bits per heavy atom. The molecular weight excluding hydrogens is 139 g/mol. The second kappa shape index (κ2) is 4.08. The lowest BCUT2D eigenvalue weighted by molar-refractivity contribution is 0.130. The van der Waals surface area contributed by atoms with Crippen LogP contribution in [-0.2, 0) is 0 Å². The first kappa shape index (κ1) is 10.9. The summed E-state index contributed by atoms with van der Waals surface area (Å²) in [4.78, 5) is 0. The Balaban J connectivity index is 3.83. The van der Waals surface area contributed by atoms with Crippen LogP contribution < -0.4 is 0 Å². The molecule has 0 fully saturated rings. The Hall–Kier alpha value is -0.0700. The summed E-state index contributed by atoms with van der Waals surface area (Å²) in [5.41, 5.74) is -0.955. The fraction of sp³-hybridized carbons (Fsp3) is 1.00. The zero-order valence-corrected chi connectivity index (χ0v) is 8.45. The fourth-order valence-corrected chi connectivity index (χ4v) is 1.05. The quantitative estimate of drug-likeness (QED) is 0.586. The molecule has 1 heteroatoms. The summed E-state index contributed by atoms with van der Waals surface area (Å²) in [6.07, 6.45) is 1.32. The summed E-state index contributed by atoms with van der Waals surface area (Å²) in [7, 11) is 0. The van der Waals surface area contributed by atoms with Crippen molar-refractivity contribution < 1.29 is 4.39 Å². The molecular formula is C10H21F. The molecule has 0 amide bonds. The highest BCUT2D eigenvalue weighted by Crippen LogP contribution is 2.27. The van der Waals surface area contributed by atoms with Gasteiger partial charge in [-0.15, -0.1) is 0 Å². The van der Waals surface area contributed by atoms with Crippen LogP contribution in [0.25, 0.3) is 0 Å². The van der Waals surface area contributed by atoms with E-state index < -0.39 is 5.67 Å². The van der Waals surface area contributed by atoms with Gasteiger partial charge >= 0.3 is 0 Å². The third-order valence-corrected chi connectivity index (χ3v) is 2.62. The normalized spacial score (nSPS) is 19.9. The van der Waals surface area contributed by atoms with E-state index >= 15 is 0 Å². The molecule has 68 valence electrons. The average Bonchev–Trinajstić information content (AvgIpc) is 1.87. The Morgan fingerprint density at radius 2 is 1.73 bits per heavy atom. The summed E-state index contributed by atoms with van der Waals surface area (Å²) in [5, 5.41) is 0. The topological polar surface area (TPSA) is 0 Å². The zero-order chi connectivity index (χ0) is 9.07. The largest absolute Gasteiger partial charge is 0.244 e. The number of rotatable bonds is 4. The standard InChI is InChI=1S/C10H21F/c1-6-10(5,11)7-9(4)8(2)3/h8-9H,6-7H2,1-5H3. The van der Waals surface area contributed by atoms with Gasteiger partial charge in [-0.05, 0) is 31.6 Å². The summed E-state index contributed by atoms with van der Waals surface area (Å²) in [5.74, 6) is 1.08. The van der Waals surface area contributed by atoms with Gasteiger partial charge in [-0.3, -0.25) is 0 Å². The van der Waals surface area contributed by atoms with Gasteiger partial charge in [0.2, 0.25) is 0 Å². The smallest absolute Gasteiger partial charge is 0.108 e. The lowest BCUT2D eigenvalue weighted by Crippen LogP contribution is -2.22. The summed E-state index contributed by atoms with van der Waals surface area (Å²) in [6.45, 7) is 10.0. The minimum Gasteiger partial charge on any atom is -0.244 e. The van der Waals surface area contributed by atoms with Crippen molar-refractivity contribution in [1.82, 2.24) is 0 Å². The van der Waals surface area contributed by atoms with Gasteiger partial charge in [-0.2, -0.15) is 0 Å². The fourth-order valence-electron chi connectivity index (χ4n) is 1.05. The van der Waals surface area contributed by atoms with Crippen molar-refractivity contribution in [2.45, 2.75) is 53.1 Å². The van der Waals surface area contributed by atoms with E-state index in [1.54, 1.807) is 6.92 Å². The molecule has 0 aromatic heterocycles. The maximum atomic E-state index is 13.4. The first-order valence-electron chi connectivity index (χ1n) is 4.58. The molecule has 0 saturated carbocycles. The van der Waals surface area contributed by atoms with Crippen LogP contribution in [0.1, 0.15) is 47.5 Å². The van der Waals surface area contributed by atoms with E-state index in [9.17, 15) is 4.39 Å². The number of alkyl halides is 1. The molecule has 2 atom stereocenters. The summed E-state index contributed by atoms with van der Waals surface area (Å²) >= 11 is 0. The second-order valence-electron chi connectivity index (χ2n) is 4.19. The molecule has 0 aromatic carbocycles. The second-order valence-corrected chi connectivity index (χ2v) is 4.19. The molecule has 0 nitrogen and oxygen atoms in total. The monoisotopic (exact) mass is 160 g/mol. The predicted molar refractivity (Wildman–Crippen MR) is 48.4 cm³/mol. The zero-order valence-electron chi connectivity index (χ0n) is 8.45. The lowest BCUT2D eigenvalue weighted by Gasteiger charge is -2.24. The van der Waals surface area contributed by atoms with Crippen LogP contribution in [0.3, 0.4) is 0 Å². The van der Waals surface area contributed by atoms with Gasteiger partial charge in [0, 0.05) is 0 Å². The van der Waals surface area contributed by atoms with Crippen molar-refractivity contribution in [3.8, 4) is 0 Å². The Kier molecular flexibility index (Phi) is 4.05. The van der Waals surface area contributed by atoms with E-state index in [1.165, 1.54) is 0 Å². The molecule has 0 aliphatic carbocycles. The van der Waals surface area contributed by atoms with E-state index in [4.69, 9.17) is 0 Å². The van der Waals surface area contributed by atoms with Crippen molar-refractivity contribution in [2.75, 3.05) is 0 Å². The van der Waals surface area contributed by atoms with Crippen LogP contribution >= 0.6 is 0 Å². The highest BCUT2D eigenvalue weighted by Gasteiger charge is 2.24. The van der Waals surface area contributed by atoms with Gasteiger partial charge in [0.1, 0.15) is 5.67 Å². The molecule has 0 spiro atoms. The maximum Gasteiger partial charge on any atom is 0.108 e.